The summed E-state index contributed by atoms with van der Waals surface area (Å²) in [7, 11) is 0. The minimum Gasteiger partial charge on any atom is -0.383 e. The van der Waals surface area contributed by atoms with Gasteiger partial charge in [-0.15, -0.1) is 11.3 Å². The number of aromatic nitrogens is 2. The van der Waals surface area contributed by atoms with E-state index in [1.54, 1.807) is 0 Å². The third kappa shape index (κ3) is 1.46. The smallest absolute Gasteiger partial charge is 0.209 e. The molecule has 14 heavy (non-hydrogen) atoms. The summed E-state index contributed by atoms with van der Waals surface area (Å²) >= 11 is 4.67. The van der Waals surface area contributed by atoms with E-state index in [4.69, 9.17) is 5.73 Å². The van der Waals surface area contributed by atoms with Crippen LogP contribution in [0.5, 0.6) is 0 Å². The minimum absolute atomic E-state index is 0.113. The number of nitrogens with one attached hydrogen (secondary N) is 1. The summed E-state index contributed by atoms with van der Waals surface area (Å²) in [5.74, 6) is 0.188. The van der Waals surface area contributed by atoms with E-state index >= 15 is 0 Å². The Labute approximate surface area is 92.3 Å². The van der Waals surface area contributed by atoms with Gasteiger partial charge < -0.3 is 5.73 Å². The molecule has 3 N–H and O–H groups in total. The van der Waals surface area contributed by atoms with E-state index in [0.717, 1.165) is 4.47 Å². The highest BCUT2D eigenvalue weighted by Gasteiger charge is 2.17. The predicted molar refractivity (Wildman–Crippen MR) is 58.5 cm³/mol. The van der Waals surface area contributed by atoms with Gasteiger partial charge in [0.05, 0.1) is 16.6 Å². The number of hydrogen-bond acceptors (Lipinski definition) is 4. The van der Waals surface area contributed by atoms with Crippen molar-refractivity contribution in [3.63, 3.8) is 0 Å². The van der Waals surface area contributed by atoms with Crippen LogP contribution in [0.2, 0.25) is 0 Å². The van der Waals surface area contributed by atoms with Gasteiger partial charge in [-0.2, -0.15) is 5.10 Å². The molecule has 0 aliphatic carbocycles. The lowest BCUT2D eigenvalue weighted by molar-refractivity contribution is 0.104. The van der Waals surface area contributed by atoms with Gasteiger partial charge in [0.1, 0.15) is 5.82 Å². The molecule has 0 spiro atoms. The topological polar surface area (TPSA) is 71.8 Å². The lowest BCUT2D eigenvalue weighted by atomic mass is 10.2. The fraction of sp³-hybridized carbons (Fsp3) is 0. The Hall–Kier alpha value is -1.14. The van der Waals surface area contributed by atoms with Gasteiger partial charge in [-0.05, 0) is 27.4 Å². The van der Waals surface area contributed by atoms with Crippen LogP contribution in [-0.2, 0) is 0 Å². The SMILES string of the molecule is Nc1[nH]ncc1C(=O)c1sccc1Br. The van der Waals surface area contributed by atoms with Crippen molar-refractivity contribution in [3.05, 3.63) is 32.6 Å². The highest BCUT2D eigenvalue weighted by molar-refractivity contribution is 9.10. The zero-order valence-electron chi connectivity index (χ0n) is 6.95. The summed E-state index contributed by atoms with van der Waals surface area (Å²) in [5.41, 5.74) is 5.96. The van der Waals surface area contributed by atoms with Crippen molar-refractivity contribution < 1.29 is 4.79 Å². The number of nitrogens with zero attached hydrogens (tertiary/aromatic N) is 1. The maximum atomic E-state index is 11.9. The molecule has 0 radical (unpaired) electrons. The molecular weight excluding hydrogens is 266 g/mol. The minimum atomic E-state index is -0.113. The Balaban J connectivity index is 2.44. The number of nitrogens with two attached hydrogens (primary N) is 1. The van der Waals surface area contributed by atoms with Crippen LogP contribution in [0.1, 0.15) is 15.2 Å². The Morgan fingerprint density at radius 2 is 2.43 bits per heavy atom. The Kier molecular flexibility index (Phi) is 2.39. The zero-order chi connectivity index (χ0) is 10.1. The van der Waals surface area contributed by atoms with Gasteiger partial charge >= 0.3 is 0 Å². The van der Waals surface area contributed by atoms with Gasteiger partial charge in [0.15, 0.2) is 0 Å². The molecule has 6 heteroatoms. The van der Waals surface area contributed by atoms with Gasteiger partial charge in [-0.1, -0.05) is 0 Å². The van der Waals surface area contributed by atoms with Gasteiger partial charge in [-0.3, -0.25) is 9.89 Å². The highest BCUT2D eigenvalue weighted by Crippen LogP contribution is 2.26. The van der Waals surface area contributed by atoms with Crippen molar-refractivity contribution >= 4 is 38.9 Å². The van der Waals surface area contributed by atoms with Crippen LogP contribution in [0.25, 0.3) is 0 Å². The number of rotatable bonds is 2. The van der Waals surface area contributed by atoms with E-state index in [1.165, 1.54) is 17.5 Å². The number of ketones is 1. The van der Waals surface area contributed by atoms with Crippen molar-refractivity contribution in [1.82, 2.24) is 10.2 Å². The van der Waals surface area contributed by atoms with Crippen LogP contribution >= 0.6 is 27.3 Å². The Bertz CT molecular complexity index is 434. The summed E-state index contributed by atoms with van der Waals surface area (Å²) in [5, 5.41) is 8.07. The summed E-state index contributed by atoms with van der Waals surface area (Å²) in [6.45, 7) is 0. The molecule has 2 rings (SSSR count). The van der Waals surface area contributed by atoms with Crippen molar-refractivity contribution in [3.8, 4) is 0 Å². The number of halogens is 1. The van der Waals surface area contributed by atoms with Crippen molar-refractivity contribution in [2.75, 3.05) is 5.73 Å². The standard InChI is InChI=1S/C8H6BrN3OS/c9-5-1-2-14-7(5)6(13)4-3-11-12-8(4)10/h1-3H,(H3,10,11,12). The first-order valence-corrected chi connectivity index (χ1v) is 5.44. The molecule has 0 atom stereocenters. The number of thiophene rings is 1. The molecule has 2 heterocycles. The maximum absolute atomic E-state index is 11.9. The molecule has 2 aromatic rings. The molecule has 0 amide bonds. The number of hydrogen-bond donors (Lipinski definition) is 2. The second kappa shape index (κ2) is 3.55. The fourth-order valence-electron chi connectivity index (χ4n) is 1.06. The summed E-state index contributed by atoms with van der Waals surface area (Å²) in [6, 6.07) is 1.83. The van der Waals surface area contributed by atoms with Crippen LogP contribution < -0.4 is 5.73 Å². The number of nitrogen functional groups attached to an aromatic ring is 1. The lowest BCUT2D eigenvalue weighted by Crippen LogP contribution is -2.01. The van der Waals surface area contributed by atoms with E-state index < -0.39 is 0 Å². The van der Waals surface area contributed by atoms with Gasteiger partial charge in [0.2, 0.25) is 5.78 Å². The second-order valence-electron chi connectivity index (χ2n) is 2.62. The monoisotopic (exact) mass is 271 g/mol. The fourth-order valence-corrected chi connectivity index (χ4v) is 2.56. The highest BCUT2D eigenvalue weighted by atomic mass is 79.9. The molecule has 4 nitrogen and oxygen atoms in total. The van der Waals surface area contributed by atoms with Gasteiger partial charge in [0.25, 0.3) is 0 Å². The molecular formula is C8H6BrN3OS. The zero-order valence-corrected chi connectivity index (χ0v) is 9.35. The van der Waals surface area contributed by atoms with Crippen LogP contribution in [0.3, 0.4) is 0 Å². The number of carbonyl (C=O) groups is 1. The summed E-state index contributed by atoms with van der Waals surface area (Å²) < 4.78 is 0.785. The van der Waals surface area contributed by atoms with Crippen LogP contribution in [0.4, 0.5) is 5.82 Å². The molecule has 0 bridgehead atoms. The Morgan fingerprint density at radius 1 is 1.64 bits per heavy atom. The molecule has 0 aliphatic heterocycles. The number of H-pyrrole nitrogens is 1. The first kappa shape index (κ1) is 9.42. The third-order valence-corrected chi connectivity index (χ3v) is 3.57. The third-order valence-electron chi connectivity index (χ3n) is 1.74. The first-order chi connectivity index (χ1) is 6.70. The van der Waals surface area contributed by atoms with Crippen LogP contribution in [0.15, 0.2) is 22.1 Å². The predicted octanol–water partition coefficient (Wildman–Crippen LogP) is 2.05. The molecule has 0 saturated carbocycles. The van der Waals surface area contributed by atoms with E-state index in [-0.39, 0.29) is 5.78 Å². The first-order valence-electron chi connectivity index (χ1n) is 3.76. The van der Waals surface area contributed by atoms with E-state index in [0.29, 0.717) is 16.3 Å². The summed E-state index contributed by atoms with van der Waals surface area (Å²) in [6.07, 6.45) is 1.43. The summed E-state index contributed by atoms with van der Waals surface area (Å²) in [4.78, 5) is 12.5. The molecule has 0 fully saturated rings. The number of carbonyl (C=O) groups excluding carboxylic acids is 1. The van der Waals surface area contributed by atoms with Crippen molar-refractivity contribution in [1.29, 1.82) is 0 Å². The van der Waals surface area contributed by atoms with Gasteiger partial charge in [0, 0.05) is 4.47 Å². The quantitative estimate of drug-likeness (QED) is 0.822. The Morgan fingerprint density at radius 3 is 2.93 bits per heavy atom. The normalized spacial score (nSPS) is 10.4. The molecule has 0 saturated heterocycles. The molecule has 72 valence electrons. The van der Waals surface area contributed by atoms with Crippen molar-refractivity contribution in [2.24, 2.45) is 0 Å². The largest absolute Gasteiger partial charge is 0.383 e. The average Bonchev–Trinajstić information content (AvgIpc) is 2.73. The molecule has 0 aliphatic rings. The molecule has 0 unspecified atom stereocenters. The molecule has 0 aromatic carbocycles. The van der Waals surface area contributed by atoms with Gasteiger partial charge in [-0.25, -0.2) is 0 Å². The average molecular weight is 272 g/mol. The number of anilines is 1. The number of aromatic amines is 1. The van der Waals surface area contributed by atoms with Crippen LogP contribution in [-0.4, -0.2) is 16.0 Å². The van der Waals surface area contributed by atoms with E-state index in [1.807, 2.05) is 11.4 Å². The van der Waals surface area contributed by atoms with Crippen molar-refractivity contribution in [2.45, 2.75) is 0 Å². The maximum Gasteiger partial charge on any atom is 0.209 e. The van der Waals surface area contributed by atoms with E-state index in [9.17, 15) is 4.79 Å². The lowest BCUT2D eigenvalue weighted by Gasteiger charge is -1.95. The molecule has 2 aromatic heterocycles. The van der Waals surface area contributed by atoms with E-state index in [2.05, 4.69) is 26.1 Å². The second-order valence-corrected chi connectivity index (χ2v) is 4.39. The van der Waals surface area contributed by atoms with Crippen LogP contribution in [0, 0.1) is 0 Å².